The van der Waals surface area contributed by atoms with Gasteiger partial charge in [-0.1, -0.05) is 11.2 Å². The van der Waals surface area contributed by atoms with Gasteiger partial charge in [-0.15, -0.1) is 0 Å². The third-order valence-corrected chi connectivity index (χ3v) is 5.81. The Morgan fingerprint density at radius 1 is 1.10 bits per heavy atom. The lowest BCUT2D eigenvalue weighted by Crippen LogP contribution is -2.45. The zero-order valence-corrected chi connectivity index (χ0v) is 16.0. The van der Waals surface area contributed by atoms with Gasteiger partial charge in [0.15, 0.2) is 11.3 Å². The second-order valence-corrected chi connectivity index (χ2v) is 7.88. The van der Waals surface area contributed by atoms with E-state index in [9.17, 15) is 4.39 Å². The Morgan fingerprint density at radius 3 is 2.72 bits per heavy atom. The number of hydrogen-bond acceptors (Lipinski definition) is 7. The molecule has 1 aliphatic heterocycles. The van der Waals surface area contributed by atoms with Gasteiger partial charge in [0.25, 0.3) is 0 Å². The quantitative estimate of drug-likeness (QED) is 0.530. The summed E-state index contributed by atoms with van der Waals surface area (Å²) in [6.45, 7) is 3.40. The molecule has 8 nitrogen and oxygen atoms in total. The van der Waals surface area contributed by atoms with Crippen LogP contribution in [0.25, 0.3) is 28.1 Å². The first-order valence-electron chi connectivity index (χ1n) is 9.92. The van der Waals surface area contributed by atoms with Gasteiger partial charge in [0.05, 0.1) is 10.9 Å². The van der Waals surface area contributed by atoms with Crippen molar-refractivity contribution in [2.75, 3.05) is 38.1 Å². The van der Waals surface area contributed by atoms with Gasteiger partial charge in [0.2, 0.25) is 11.7 Å². The summed E-state index contributed by atoms with van der Waals surface area (Å²) in [4.78, 5) is 18.3. The van der Waals surface area contributed by atoms with Crippen molar-refractivity contribution in [2.24, 2.45) is 0 Å². The summed E-state index contributed by atoms with van der Waals surface area (Å²) in [5, 5.41) is 4.64. The minimum absolute atomic E-state index is 0.281. The SMILES string of the molecule is CN1CCN(c2nc3c(-c4noc(C5CC5)n4)ncn3c3cccc(F)c23)CC1. The minimum Gasteiger partial charge on any atom is -0.353 e. The van der Waals surface area contributed by atoms with E-state index in [0.717, 1.165) is 44.5 Å². The van der Waals surface area contributed by atoms with E-state index in [-0.39, 0.29) is 5.82 Å². The maximum atomic E-state index is 14.9. The summed E-state index contributed by atoms with van der Waals surface area (Å²) >= 11 is 0. The van der Waals surface area contributed by atoms with Gasteiger partial charge >= 0.3 is 0 Å². The Bertz CT molecular complexity index is 1220. The number of hydrogen-bond donors (Lipinski definition) is 0. The fourth-order valence-electron chi connectivity index (χ4n) is 3.95. The Morgan fingerprint density at radius 2 is 1.93 bits per heavy atom. The average Bonchev–Trinajstić information content (AvgIpc) is 3.31. The summed E-state index contributed by atoms with van der Waals surface area (Å²) < 4.78 is 22.1. The molecule has 0 N–H and O–H groups in total. The van der Waals surface area contributed by atoms with Crippen LogP contribution in [0.3, 0.4) is 0 Å². The molecular weight excluding hydrogens is 373 g/mol. The Hall–Kier alpha value is -3.07. The average molecular weight is 393 g/mol. The number of rotatable bonds is 3. The topological polar surface area (TPSA) is 75.6 Å². The van der Waals surface area contributed by atoms with Crippen molar-refractivity contribution in [1.29, 1.82) is 0 Å². The second kappa shape index (κ2) is 6.21. The maximum Gasteiger partial charge on any atom is 0.230 e. The third kappa shape index (κ3) is 2.68. The molecule has 0 atom stereocenters. The fourth-order valence-corrected chi connectivity index (χ4v) is 3.95. The zero-order valence-electron chi connectivity index (χ0n) is 16.0. The third-order valence-electron chi connectivity index (χ3n) is 5.81. The highest BCUT2D eigenvalue weighted by Gasteiger charge is 2.31. The van der Waals surface area contributed by atoms with Crippen molar-refractivity contribution in [3.05, 3.63) is 36.2 Å². The highest BCUT2D eigenvalue weighted by molar-refractivity contribution is 5.94. The van der Waals surface area contributed by atoms with E-state index in [1.165, 1.54) is 6.07 Å². The molecule has 0 bridgehead atoms. The number of benzene rings is 1. The number of halogens is 1. The van der Waals surface area contributed by atoms with Gasteiger partial charge in [-0.25, -0.2) is 14.4 Å². The zero-order chi connectivity index (χ0) is 19.5. The van der Waals surface area contributed by atoms with Crippen LogP contribution in [0.2, 0.25) is 0 Å². The molecule has 2 fully saturated rings. The lowest BCUT2D eigenvalue weighted by Gasteiger charge is -2.33. The molecule has 9 heteroatoms. The number of likely N-dealkylation sites (N-methyl/N-ethyl adjacent to an activating group) is 1. The summed E-state index contributed by atoms with van der Waals surface area (Å²) in [6.07, 6.45) is 3.82. The number of anilines is 1. The molecule has 4 aromatic rings. The minimum atomic E-state index is -0.281. The van der Waals surface area contributed by atoms with Crippen molar-refractivity contribution >= 4 is 22.4 Å². The molecule has 3 aromatic heterocycles. The van der Waals surface area contributed by atoms with Gasteiger partial charge in [-0.2, -0.15) is 4.98 Å². The monoisotopic (exact) mass is 393 g/mol. The molecule has 2 aliphatic rings. The molecule has 148 valence electrons. The molecule has 0 amide bonds. The highest BCUT2D eigenvalue weighted by atomic mass is 19.1. The van der Waals surface area contributed by atoms with E-state index in [4.69, 9.17) is 9.51 Å². The van der Waals surface area contributed by atoms with Gasteiger partial charge in [-0.3, -0.25) is 4.40 Å². The van der Waals surface area contributed by atoms with Gasteiger partial charge in [0, 0.05) is 32.1 Å². The van der Waals surface area contributed by atoms with Crippen LogP contribution < -0.4 is 4.90 Å². The Labute approximate surface area is 166 Å². The van der Waals surface area contributed by atoms with Crippen LogP contribution in [-0.2, 0) is 0 Å². The van der Waals surface area contributed by atoms with Gasteiger partial charge in [0.1, 0.15) is 18.0 Å². The Kier molecular flexibility index (Phi) is 3.61. The summed E-state index contributed by atoms with van der Waals surface area (Å²) in [7, 11) is 2.09. The van der Waals surface area contributed by atoms with Gasteiger partial charge in [-0.05, 0) is 32.0 Å². The first kappa shape index (κ1) is 16.8. The van der Waals surface area contributed by atoms with Crippen LogP contribution in [0.15, 0.2) is 29.0 Å². The van der Waals surface area contributed by atoms with Gasteiger partial charge < -0.3 is 14.3 Å². The van der Waals surface area contributed by atoms with Crippen molar-refractivity contribution in [3.63, 3.8) is 0 Å². The second-order valence-electron chi connectivity index (χ2n) is 7.88. The Balaban J connectivity index is 1.56. The van der Waals surface area contributed by atoms with E-state index in [1.54, 1.807) is 16.8 Å². The number of piperazine rings is 1. The smallest absolute Gasteiger partial charge is 0.230 e. The van der Waals surface area contributed by atoms with Crippen LogP contribution in [0.4, 0.5) is 10.2 Å². The van der Waals surface area contributed by atoms with Crippen molar-refractivity contribution in [2.45, 2.75) is 18.8 Å². The number of aromatic nitrogens is 5. The van der Waals surface area contributed by atoms with Crippen LogP contribution in [-0.4, -0.2) is 62.6 Å². The first-order valence-corrected chi connectivity index (χ1v) is 9.92. The standard InChI is InChI=1S/C20H20FN7O/c1-26-7-9-27(10-8-26)18-15-13(21)3-2-4-14(15)28-11-22-16(19(28)24-18)17-23-20(29-25-17)12-5-6-12/h2-4,11-12H,5-10H2,1H3. The van der Waals surface area contributed by atoms with E-state index in [1.807, 2.05) is 6.07 Å². The van der Waals surface area contributed by atoms with Crippen molar-refractivity contribution < 1.29 is 8.91 Å². The van der Waals surface area contributed by atoms with Crippen LogP contribution in [0.5, 0.6) is 0 Å². The van der Waals surface area contributed by atoms with Crippen LogP contribution >= 0.6 is 0 Å². The van der Waals surface area contributed by atoms with Crippen LogP contribution in [0.1, 0.15) is 24.7 Å². The molecule has 4 heterocycles. The number of nitrogens with zero attached hydrogens (tertiary/aromatic N) is 7. The summed E-state index contributed by atoms with van der Waals surface area (Å²) in [6, 6.07) is 5.09. The molecule has 1 aromatic carbocycles. The van der Waals surface area contributed by atoms with Crippen LogP contribution in [0, 0.1) is 5.82 Å². The molecule has 1 saturated heterocycles. The first-order chi connectivity index (χ1) is 14.2. The molecule has 1 aliphatic carbocycles. The molecule has 6 rings (SSSR count). The molecule has 0 spiro atoms. The lowest BCUT2D eigenvalue weighted by atomic mass is 10.2. The predicted molar refractivity (Wildman–Crippen MR) is 105 cm³/mol. The fraction of sp³-hybridized carbons (Fsp3) is 0.400. The van der Waals surface area contributed by atoms with E-state index < -0.39 is 0 Å². The van der Waals surface area contributed by atoms with E-state index in [2.05, 4.69) is 32.0 Å². The number of fused-ring (bicyclic) bond motifs is 3. The molecule has 0 unspecified atom stereocenters. The molecule has 0 radical (unpaired) electrons. The largest absolute Gasteiger partial charge is 0.353 e. The lowest BCUT2D eigenvalue weighted by molar-refractivity contribution is 0.312. The van der Waals surface area contributed by atoms with E-state index >= 15 is 0 Å². The van der Waals surface area contributed by atoms with E-state index in [0.29, 0.717) is 40.2 Å². The molecule has 1 saturated carbocycles. The molecular formula is C20H20FN7O. The molecule has 29 heavy (non-hydrogen) atoms. The maximum absolute atomic E-state index is 14.9. The number of imidazole rings is 1. The summed E-state index contributed by atoms with van der Waals surface area (Å²) in [5.41, 5.74) is 1.90. The summed E-state index contributed by atoms with van der Waals surface area (Å²) in [5.74, 6) is 1.83. The normalized spacial score (nSPS) is 18.2. The highest BCUT2D eigenvalue weighted by Crippen LogP contribution is 2.40. The van der Waals surface area contributed by atoms with Crippen molar-refractivity contribution in [1.82, 2.24) is 29.4 Å². The van der Waals surface area contributed by atoms with Crippen molar-refractivity contribution in [3.8, 4) is 11.5 Å². The predicted octanol–water partition coefficient (Wildman–Crippen LogP) is 2.70.